The molecule has 0 bridgehead atoms. The van der Waals surface area contributed by atoms with E-state index >= 15 is 0 Å². The number of benzene rings is 1. The van der Waals surface area contributed by atoms with E-state index in [9.17, 15) is 9.59 Å². The molecule has 266 valence electrons. The Labute approximate surface area is 294 Å². The number of rotatable bonds is 12. The molecule has 1 saturated carbocycles. The van der Waals surface area contributed by atoms with Crippen LogP contribution in [0.5, 0.6) is 5.75 Å². The lowest BCUT2D eigenvalue weighted by molar-refractivity contribution is 0.0964. The summed E-state index contributed by atoms with van der Waals surface area (Å²) in [5, 5.41) is 24.2. The van der Waals surface area contributed by atoms with E-state index in [1.54, 1.807) is 6.07 Å². The number of urea groups is 1. The summed E-state index contributed by atoms with van der Waals surface area (Å²) in [6, 6.07) is 13.1. The largest absolute Gasteiger partial charge is 0.484 e. The second kappa shape index (κ2) is 14.8. The molecule has 0 saturated heterocycles. The van der Waals surface area contributed by atoms with E-state index in [1.165, 1.54) is 12.8 Å². The predicted octanol–water partition coefficient (Wildman–Crippen LogP) is 6.31. The molecule has 3 aromatic heterocycles. The number of nitrogens with one attached hydrogen (secondary N) is 2. The number of aromatic nitrogens is 5. The molecular formula is C38H50N8O4. The topological polar surface area (TPSA) is 147 Å². The maximum atomic E-state index is 13.4. The fraction of sp³-hybridized carbons (Fsp3) is 0.526. The van der Waals surface area contributed by atoms with Gasteiger partial charge in [0.15, 0.2) is 17.3 Å². The van der Waals surface area contributed by atoms with Gasteiger partial charge in [-0.2, -0.15) is 0 Å². The highest BCUT2D eigenvalue weighted by Gasteiger charge is 2.35. The Bertz CT molecular complexity index is 1830. The quantitative estimate of drug-likeness (QED) is 0.146. The van der Waals surface area contributed by atoms with Gasteiger partial charge in [0, 0.05) is 29.9 Å². The highest BCUT2D eigenvalue weighted by Crippen LogP contribution is 2.41. The van der Waals surface area contributed by atoms with E-state index < -0.39 is 6.03 Å². The highest BCUT2D eigenvalue weighted by atomic mass is 16.5. The Balaban J connectivity index is 1.14. The van der Waals surface area contributed by atoms with Gasteiger partial charge in [0.05, 0.1) is 24.5 Å². The first-order valence-electron chi connectivity index (χ1n) is 17.8. The van der Waals surface area contributed by atoms with Crippen molar-refractivity contribution in [3.8, 4) is 5.75 Å². The number of aliphatic hydroxyl groups is 1. The molecule has 12 nitrogen and oxygen atoms in total. The maximum absolute atomic E-state index is 13.4. The number of hydrogen-bond donors (Lipinski definition) is 3. The van der Waals surface area contributed by atoms with Gasteiger partial charge in [-0.1, -0.05) is 64.8 Å². The summed E-state index contributed by atoms with van der Waals surface area (Å²) < 4.78 is 8.71. The summed E-state index contributed by atoms with van der Waals surface area (Å²) in [4.78, 5) is 37.6. The number of anilines is 1. The summed E-state index contributed by atoms with van der Waals surface area (Å²) in [5.74, 6) is 1.94. The first-order chi connectivity index (χ1) is 23.9. The molecule has 0 spiro atoms. The molecule has 12 heteroatoms. The normalized spacial score (nSPS) is 18.6. The molecule has 6 rings (SSSR count). The third-order valence-corrected chi connectivity index (χ3v) is 10.1. The third-order valence-electron chi connectivity index (χ3n) is 10.1. The van der Waals surface area contributed by atoms with Crippen LogP contribution in [0.15, 0.2) is 48.7 Å². The number of Topliss-reactive ketones (excluding diaryl/α,β-unsaturated/α-hetero) is 1. The average Bonchev–Trinajstić information content (AvgIpc) is 3.72. The van der Waals surface area contributed by atoms with Crippen molar-refractivity contribution in [2.45, 2.75) is 102 Å². The fourth-order valence-corrected chi connectivity index (χ4v) is 7.15. The first-order valence-corrected chi connectivity index (χ1v) is 17.8. The summed E-state index contributed by atoms with van der Waals surface area (Å²) in [7, 11) is 1.90. The molecule has 2 aliphatic carbocycles. The molecular weight excluding hydrogens is 632 g/mol. The van der Waals surface area contributed by atoms with Crippen molar-refractivity contribution in [3.63, 3.8) is 0 Å². The fourth-order valence-electron chi connectivity index (χ4n) is 7.15. The molecule has 4 aromatic rings. The van der Waals surface area contributed by atoms with E-state index in [1.807, 2.05) is 69.2 Å². The number of carbonyl (C=O) groups excluding carboxylic acids is 2. The van der Waals surface area contributed by atoms with Crippen LogP contribution in [-0.4, -0.2) is 73.1 Å². The Morgan fingerprint density at radius 1 is 1.04 bits per heavy atom. The standard InChI is InChI=1S/C38H50N8O4/c1-37(2,3)31-23-32(41-34(40-31)29(48)13-10-20-45(5)21-22-47)42-36(49)39-28-15-16-30(27-12-7-6-11-26(27)28)50-25-14-17-33-43-44-35(46(33)24-25)38(4)18-8-9-19-38/h6-7,11-12,14,17,23-24,28,30,47H,8-10,13,15-16,18-22H2,1-5H3,(H2,39,40,41,42,49)/t28-,30+/m0/s1. The van der Waals surface area contributed by atoms with Gasteiger partial charge in [0.2, 0.25) is 0 Å². The van der Waals surface area contributed by atoms with E-state index in [4.69, 9.17) is 9.84 Å². The summed E-state index contributed by atoms with van der Waals surface area (Å²) >= 11 is 0. The van der Waals surface area contributed by atoms with Gasteiger partial charge >= 0.3 is 6.03 Å². The zero-order valence-electron chi connectivity index (χ0n) is 29.9. The van der Waals surface area contributed by atoms with Crippen LogP contribution < -0.4 is 15.4 Å². The van der Waals surface area contributed by atoms with Crippen molar-refractivity contribution in [1.29, 1.82) is 0 Å². The summed E-state index contributed by atoms with van der Waals surface area (Å²) in [5.41, 5.74) is 3.18. The number of ketones is 1. The van der Waals surface area contributed by atoms with E-state index in [2.05, 4.69) is 48.2 Å². The van der Waals surface area contributed by atoms with Crippen molar-refractivity contribution in [2.75, 3.05) is 32.1 Å². The van der Waals surface area contributed by atoms with Gasteiger partial charge in [-0.15, -0.1) is 10.2 Å². The number of amides is 2. The molecule has 0 aliphatic heterocycles. The van der Waals surface area contributed by atoms with Crippen molar-refractivity contribution in [3.05, 3.63) is 77.1 Å². The average molecular weight is 683 g/mol. The molecule has 0 radical (unpaired) electrons. The Morgan fingerprint density at radius 2 is 1.80 bits per heavy atom. The number of carbonyl (C=O) groups is 2. The monoisotopic (exact) mass is 682 g/mol. The molecule has 1 aromatic carbocycles. The van der Waals surface area contributed by atoms with E-state index in [-0.39, 0.29) is 53.4 Å². The van der Waals surface area contributed by atoms with Crippen molar-refractivity contribution >= 4 is 23.3 Å². The van der Waals surface area contributed by atoms with Crippen LogP contribution in [0, 0.1) is 0 Å². The number of nitrogens with zero attached hydrogens (tertiary/aromatic N) is 6. The zero-order valence-corrected chi connectivity index (χ0v) is 29.9. The van der Waals surface area contributed by atoms with Gasteiger partial charge in [-0.25, -0.2) is 14.8 Å². The lowest BCUT2D eigenvalue weighted by Crippen LogP contribution is -2.36. The van der Waals surface area contributed by atoms with Gasteiger partial charge in [-0.3, -0.25) is 14.5 Å². The van der Waals surface area contributed by atoms with Crippen molar-refractivity contribution in [1.82, 2.24) is 34.8 Å². The Hall–Kier alpha value is -4.42. The summed E-state index contributed by atoms with van der Waals surface area (Å²) in [6.45, 7) is 9.59. The molecule has 2 aliphatic rings. The van der Waals surface area contributed by atoms with Crippen LogP contribution in [0.1, 0.15) is 124 Å². The number of likely N-dealkylation sites (N-methyl/N-ethyl adjacent to an activating group) is 1. The number of pyridine rings is 1. The predicted molar refractivity (Wildman–Crippen MR) is 192 cm³/mol. The maximum Gasteiger partial charge on any atom is 0.320 e. The molecule has 2 amide bonds. The second-order valence-corrected chi connectivity index (χ2v) is 15.1. The van der Waals surface area contributed by atoms with Gasteiger partial charge < -0.3 is 20.1 Å². The van der Waals surface area contributed by atoms with Crippen LogP contribution in [-0.2, 0) is 10.8 Å². The first kappa shape index (κ1) is 35.4. The van der Waals surface area contributed by atoms with Crippen LogP contribution in [0.4, 0.5) is 10.6 Å². The number of hydrogen-bond acceptors (Lipinski definition) is 9. The lowest BCUT2D eigenvalue weighted by atomic mass is 9.85. The van der Waals surface area contributed by atoms with E-state index in [0.29, 0.717) is 38.0 Å². The molecule has 0 unspecified atom stereocenters. The SMILES string of the molecule is CN(CCO)CCCC(=O)c1nc(NC(=O)N[C@H]2CC[C@@H](Oc3ccc4nnc(C5(C)CCCC5)n4c3)c3ccccc32)cc(C(C)(C)C)n1. The number of fused-ring (bicyclic) bond motifs is 2. The molecule has 50 heavy (non-hydrogen) atoms. The minimum absolute atomic E-state index is 0.0182. The Morgan fingerprint density at radius 3 is 2.54 bits per heavy atom. The van der Waals surface area contributed by atoms with Crippen LogP contribution in [0.3, 0.4) is 0 Å². The molecule has 3 heterocycles. The smallest absolute Gasteiger partial charge is 0.320 e. The van der Waals surface area contributed by atoms with Crippen LogP contribution >= 0.6 is 0 Å². The molecule has 2 atom stereocenters. The van der Waals surface area contributed by atoms with Crippen LogP contribution in [0.25, 0.3) is 5.65 Å². The van der Waals surface area contributed by atoms with Crippen molar-refractivity contribution < 1.29 is 19.4 Å². The van der Waals surface area contributed by atoms with Crippen molar-refractivity contribution in [2.24, 2.45) is 0 Å². The lowest BCUT2D eigenvalue weighted by Gasteiger charge is -2.32. The highest BCUT2D eigenvalue weighted by molar-refractivity contribution is 5.94. The van der Waals surface area contributed by atoms with E-state index in [0.717, 1.165) is 41.2 Å². The van der Waals surface area contributed by atoms with Gasteiger partial charge in [0.1, 0.15) is 23.5 Å². The minimum Gasteiger partial charge on any atom is -0.484 e. The van der Waals surface area contributed by atoms with Gasteiger partial charge in [0.25, 0.3) is 0 Å². The second-order valence-electron chi connectivity index (χ2n) is 15.1. The molecule has 1 fully saturated rings. The minimum atomic E-state index is -0.405. The third kappa shape index (κ3) is 7.97. The number of ether oxygens (including phenoxy) is 1. The molecule has 3 N–H and O–H groups in total. The Kier molecular flexibility index (Phi) is 10.5. The van der Waals surface area contributed by atoms with Gasteiger partial charge in [-0.05, 0) is 69.0 Å². The number of aliphatic hydroxyl groups excluding tert-OH is 1. The van der Waals surface area contributed by atoms with Crippen LogP contribution in [0.2, 0.25) is 0 Å². The summed E-state index contributed by atoms with van der Waals surface area (Å²) in [6.07, 6.45) is 8.73. The zero-order chi connectivity index (χ0) is 35.5.